The van der Waals surface area contributed by atoms with E-state index >= 15 is 0 Å². The Morgan fingerprint density at radius 2 is 2.20 bits per heavy atom. The van der Waals surface area contributed by atoms with Crippen LogP contribution in [0.15, 0.2) is 24.4 Å². The van der Waals surface area contributed by atoms with E-state index in [0.29, 0.717) is 5.75 Å². The summed E-state index contributed by atoms with van der Waals surface area (Å²) in [6.07, 6.45) is 2.15. The van der Waals surface area contributed by atoms with Crippen LogP contribution in [0.1, 0.15) is 12.5 Å². The van der Waals surface area contributed by atoms with Crippen molar-refractivity contribution in [3.8, 4) is 5.75 Å². The highest BCUT2D eigenvalue weighted by molar-refractivity contribution is 7.98. The van der Waals surface area contributed by atoms with Crippen LogP contribution in [0.4, 0.5) is 0 Å². The average Bonchev–Trinajstić information content (AvgIpc) is 2.52. The molecule has 0 aliphatic rings. The number of phenols is 1. The molecule has 80 valence electrons. The van der Waals surface area contributed by atoms with E-state index in [1.54, 1.807) is 6.07 Å². The third kappa shape index (κ3) is 1.97. The number of rotatable bonds is 3. The molecule has 0 unspecified atom stereocenters. The van der Waals surface area contributed by atoms with Gasteiger partial charge in [-0.3, -0.25) is 0 Å². The Bertz CT molecular complexity index is 476. The maximum absolute atomic E-state index is 9.47. The van der Waals surface area contributed by atoms with Gasteiger partial charge in [0.05, 0.1) is 0 Å². The molecule has 1 aromatic heterocycles. The van der Waals surface area contributed by atoms with Gasteiger partial charge in [0.1, 0.15) is 5.75 Å². The molecule has 3 heteroatoms. The summed E-state index contributed by atoms with van der Waals surface area (Å²) in [6.45, 7) is 2.16. The average molecular weight is 221 g/mol. The number of aryl methyl sites for hydroxylation is 1. The number of nitrogens with zero attached hydrogens (tertiary/aromatic N) is 1. The lowest BCUT2D eigenvalue weighted by Gasteiger charge is -1.98. The van der Waals surface area contributed by atoms with Crippen LogP contribution in [-0.4, -0.2) is 15.4 Å². The zero-order valence-corrected chi connectivity index (χ0v) is 9.84. The van der Waals surface area contributed by atoms with Gasteiger partial charge in [0, 0.05) is 29.9 Å². The molecule has 0 radical (unpaired) electrons. The van der Waals surface area contributed by atoms with Crippen molar-refractivity contribution in [1.29, 1.82) is 0 Å². The minimum absolute atomic E-state index is 0.344. The standard InChI is InChI=1S/C12H15NOS/c1-3-15-8-9-7-13(2)12-5-4-10(14)6-11(9)12/h4-7,14H,3,8H2,1-2H3. The van der Waals surface area contributed by atoms with Crippen LogP contribution < -0.4 is 0 Å². The molecule has 0 saturated carbocycles. The maximum Gasteiger partial charge on any atom is 0.116 e. The van der Waals surface area contributed by atoms with Gasteiger partial charge in [0.15, 0.2) is 0 Å². The molecule has 0 spiro atoms. The quantitative estimate of drug-likeness (QED) is 0.861. The normalized spacial score (nSPS) is 11.1. The Labute approximate surface area is 93.9 Å². The summed E-state index contributed by atoms with van der Waals surface area (Å²) in [5, 5.41) is 10.6. The SMILES string of the molecule is CCSCc1cn(C)c2ccc(O)cc12. The van der Waals surface area contributed by atoms with Gasteiger partial charge in [-0.25, -0.2) is 0 Å². The highest BCUT2D eigenvalue weighted by Gasteiger charge is 2.06. The number of thioether (sulfide) groups is 1. The number of benzene rings is 1. The van der Waals surface area contributed by atoms with E-state index in [9.17, 15) is 5.11 Å². The third-order valence-electron chi connectivity index (χ3n) is 2.52. The van der Waals surface area contributed by atoms with Crippen molar-refractivity contribution < 1.29 is 5.11 Å². The van der Waals surface area contributed by atoms with Crippen molar-refractivity contribution >= 4 is 22.7 Å². The van der Waals surface area contributed by atoms with Crippen LogP contribution >= 0.6 is 11.8 Å². The van der Waals surface area contributed by atoms with Gasteiger partial charge in [-0.05, 0) is 29.5 Å². The minimum Gasteiger partial charge on any atom is -0.508 e. The monoisotopic (exact) mass is 221 g/mol. The van der Waals surface area contributed by atoms with E-state index in [-0.39, 0.29) is 0 Å². The second-order valence-electron chi connectivity index (χ2n) is 3.60. The predicted molar refractivity (Wildman–Crippen MR) is 66.4 cm³/mol. The second-order valence-corrected chi connectivity index (χ2v) is 4.88. The summed E-state index contributed by atoms with van der Waals surface area (Å²) in [7, 11) is 2.04. The predicted octanol–water partition coefficient (Wildman–Crippen LogP) is 3.14. The van der Waals surface area contributed by atoms with Gasteiger partial charge < -0.3 is 9.67 Å². The van der Waals surface area contributed by atoms with Gasteiger partial charge in [0.25, 0.3) is 0 Å². The van der Waals surface area contributed by atoms with Crippen LogP contribution in [0, 0.1) is 0 Å². The van der Waals surface area contributed by atoms with Gasteiger partial charge >= 0.3 is 0 Å². The Hall–Kier alpha value is -1.09. The Balaban J connectivity index is 2.49. The summed E-state index contributed by atoms with van der Waals surface area (Å²) in [5.41, 5.74) is 2.48. The van der Waals surface area contributed by atoms with E-state index in [1.807, 2.05) is 30.9 Å². The maximum atomic E-state index is 9.47. The van der Waals surface area contributed by atoms with Crippen molar-refractivity contribution in [2.75, 3.05) is 5.75 Å². The number of aromatic nitrogens is 1. The molecule has 0 aliphatic heterocycles. The zero-order valence-electron chi connectivity index (χ0n) is 9.03. The lowest BCUT2D eigenvalue weighted by molar-refractivity contribution is 0.476. The first-order valence-electron chi connectivity index (χ1n) is 5.07. The molecule has 0 bridgehead atoms. The zero-order chi connectivity index (χ0) is 10.8. The molecule has 2 aromatic rings. The number of aromatic hydroxyl groups is 1. The summed E-state index contributed by atoms with van der Waals surface area (Å²) < 4.78 is 2.11. The van der Waals surface area contributed by atoms with Gasteiger partial charge in [-0.15, -0.1) is 0 Å². The van der Waals surface area contributed by atoms with Crippen LogP contribution in [0.5, 0.6) is 5.75 Å². The van der Waals surface area contributed by atoms with Gasteiger partial charge in [-0.2, -0.15) is 11.8 Å². The molecule has 1 N–H and O–H groups in total. The highest BCUT2D eigenvalue weighted by atomic mass is 32.2. The molecule has 15 heavy (non-hydrogen) atoms. The molecule has 1 aromatic carbocycles. The van der Waals surface area contributed by atoms with Gasteiger partial charge in [0.2, 0.25) is 0 Å². The summed E-state index contributed by atoms with van der Waals surface area (Å²) in [5.74, 6) is 2.48. The smallest absolute Gasteiger partial charge is 0.116 e. The van der Waals surface area contributed by atoms with E-state index in [1.165, 1.54) is 16.5 Å². The third-order valence-corrected chi connectivity index (χ3v) is 3.44. The largest absolute Gasteiger partial charge is 0.508 e. The summed E-state index contributed by atoms with van der Waals surface area (Å²) in [4.78, 5) is 0. The number of hydrogen-bond acceptors (Lipinski definition) is 2. The fourth-order valence-electron chi connectivity index (χ4n) is 1.79. The van der Waals surface area contributed by atoms with Crippen LogP contribution in [0.25, 0.3) is 10.9 Å². The second kappa shape index (κ2) is 4.19. The molecular weight excluding hydrogens is 206 g/mol. The van der Waals surface area contributed by atoms with Crippen molar-refractivity contribution in [2.45, 2.75) is 12.7 Å². The van der Waals surface area contributed by atoms with Crippen LogP contribution in [0.2, 0.25) is 0 Å². The first-order valence-corrected chi connectivity index (χ1v) is 6.22. The Kier molecular flexibility index (Phi) is 2.91. The molecule has 0 aliphatic carbocycles. The molecule has 0 fully saturated rings. The lowest BCUT2D eigenvalue weighted by Crippen LogP contribution is -1.82. The fraction of sp³-hybridized carbons (Fsp3) is 0.333. The van der Waals surface area contributed by atoms with E-state index < -0.39 is 0 Å². The first-order chi connectivity index (χ1) is 7.22. The van der Waals surface area contributed by atoms with Crippen molar-refractivity contribution in [3.63, 3.8) is 0 Å². The summed E-state index contributed by atoms with van der Waals surface area (Å²) in [6, 6.07) is 5.55. The summed E-state index contributed by atoms with van der Waals surface area (Å²) >= 11 is 1.90. The van der Waals surface area contributed by atoms with Crippen LogP contribution in [-0.2, 0) is 12.8 Å². The van der Waals surface area contributed by atoms with Crippen molar-refractivity contribution in [1.82, 2.24) is 4.57 Å². The highest BCUT2D eigenvalue weighted by Crippen LogP contribution is 2.27. The molecule has 0 saturated heterocycles. The number of phenolic OH excluding ortho intramolecular Hbond substituents is 1. The van der Waals surface area contributed by atoms with E-state index in [2.05, 4.69) is 17.7 Å². The molecule has 0 atom stereocenters. The fourth-order valence-corrected chi connectivity index (χ4v) is 2.44. The number of hydrogen-bond donors (Lipinski definition) is 1. The van der Waals surface area contributed by atoms with Crippen molar-refractivity contribution in [2.24, 2.45) is 7.05 Å². The topological polar surface area (TPSA) is 25.2 Å². The Morgan fingerprint density at radius 3 is 2.93 bits per heavy atom. The van der Waals surface area contributed by atoms with Crippen LogP contribution in [0.3, 0.4) is 0 Å². The number of fused-ring (bicyclic) bond motifs is 1. The molecular formula is C12H15NOS. The van der Waals surface area contributed by atoms with Crippen molar-refractivity contribution in [3.05, 3.63) is 30.0 Å². The molecule has 0 amide bonds. The first kappa shape index (κ1) is 10.4. The molecule has 2 nitrogen and oxygen atoms in total. The van der Waals surface area contributed by atoms with E-state index in [0.717, 1.165) is 11.5 Å². The molecule has 2 rings (SSSR count). The molecule has 1 heterocycles. The van der Waals surface area contributed by atoms with E-state index in [4.69, 9.17) is 0 Å². The Morgan fingerprint density at radius 1 is 1.40 bits per heavy atom. The minimum atomic E-state index is 0.344. The lowest BCUT2D eigenvalue weighted by atomic mass is 10.2. The van der Waals surface area contributed by atoms with Gasteiger partial charge in [-0.1, -0.05) is 6.92 Å².